The molecular weight excluding hydrogens is 242 g/mol. The largest absolute Gasteiger partial charge is 0.468 e. The van der Waals surface area contributed by atoms with Crippen LogP contribution in [0.4, 0.5) is 0 Å². The minimum atomic E-state index is 0.284. The summed E-state index contributed by atoms with van der Waals surface area (Å²) in [4.78, 5) is 5.94. The first kappa shape index (κ1) is 12.9. The number of hydrogen-bond acceptors (Lipinski definition) is 4. The molecule has 104 valence electrons. The fraction of sp³-hybridized carbons (Fsp3) is 0.600. The third-order valence-electron chi connectivity index (χ3n) is 4.15. The van der Waals surface area contributed by atoms with Gasteiger partial charge in [-0.15, -0.1) is 0 Å². The van der Waals surface area contributed by atoms with Gasteiger partial charge in [0.2, 0.25) is 0 Å². The number of nitrogens with zero attached hydrogens (tertiary/aromatic N) is 1. The Kier molecular flexibility index (Phi) is 3.73. The highest BCUT2D eigenvalue weighted by molar-refractivity contribution is 5.31. The van der Waals surface area contributed by atoms with E-state index in [1.54, 1.807) is 7.11 Å². The molecular formula is C15H21NO3. The molecule has 2 aliphatic rings. The maximum absolute atomic E-state index is 5.94. The second kappa shape index (κ2) is 5.49. The number of hydroxylamine groups is 2. The van der Waals surface area contributed by atoms with E-state index in [1.807, 2.05) is 24.2 Å². The van der Waals surface area contributed by atoms with Crippen molar-refractivity contribution in [2.45, 2.75) is 31.4 Å². The summed E-state index contributed by atoms with van der Waals surface area (Å²) in [7, 11) is 3.66. The van der Waals surface area contributed by atoms with Gasteiger partial charge in [-0.2, -0.15) is 5.06 Å². The average molecular weight is 263 g/mol. The van der Waals surface area contributed by atoms with E-state index in [9.17, 15) is 0 Å². The number of fused-ring (bicyclic) bond motifs is 1. The Morgan fingerprint density at radius 1 is 1.37 bits per heavy atom. The highest BCUT2D eigenvalue weighted by atomic mass is 16.7. The Labute approximate surface area is 114 Å². The molecule has 4 nitrogen and oxygen atoms in total. The molecule has 0 radical (unpaired) electrons. The van der Waals surface area contributed by atoms with E-state index in [0.717, 1.165) is 5.75 Å². The topological polar surface area (TPSA) is 30.9 Å². The van der Waals surface area contributed by atoms with Crippen molar-refractivity contribution in [2.75, 3.05) is 21.0 Å². The van der Waals surface area contributed by atoms with Gasteiger partial charge in [0.15, 0.2) is 6.79 Å². The lowest BCUT2D eigenvalue weighted by Crippen LogP contribution is -2.20. The molecule has 0 bridgehead atoms. The molecule has 4 heteroatoms. The summed E-state index contributed by atoms with van der Waals surface area (Å²) in [6, 6.07) is 8.61. The number of benzene rings is 1. The summed E-state index contributed by atoms with van der Waals surface area (Å²) in [6.45, 7) is 0.284. The first-order chi connectivity index (χ1) is 9.29. The normalized spacial score (nSPS) is 30.5. The Morgan fingerprint density at radius 3 is 3.11 bits per heavy atom. The molecule has 1 aromatic carbocycles. The molecule has 1 aliphatic heterocycles. The zero-order valence-electron chi connectivity index (χ0n) is 11.5. The summed E-state index contributed by atoms with van der Waals surface area (Å²) in [5.74, 6) is 1.47. The molecule has 1 saturated carbocycles. The standard InChI is InChI=1S/C15H21NO3/c1-16-15(13-7-4-8-14(13)19-16)11-5-3-6-12(9-11)18-10-17-2/h3,5-6,9,13-15H,4,7-8,10H2,1-2H3. The predicted molar refractivity (Wildman–Crippen MR) is 71.7 cm³/mol. The van der Waals surface area contributed by atoms with Crippen molar-refractivity contribution in [3.63, 3.8) is 0 Å². The fourth-order valence-corrected chi connectivity index (χ4v) is 3.37. The highest BCUT2D eigenvalue weighted by Crippen LogP contribution is 2.46. The van der Waals surface area contributed by atoms with Gasteiger partial charge in [-0.1, -0.05) is 18.6 Å². The van der Waals surface area contributed by atoms with Crippen LogP contribution in [-0.2, 0) is 9.57 Å². The van der Waals surface area contributed by atoms with E-state index in [-0.39, 0.29) is 6.79 Å². The van der Waals surface area contributed by atoms with E-state index in [2.05, 4.69) is 12.1 Å². The van der Waals surface area contributed by atoms with Crippen molar-refractivity contribution in [1.82, 2.24) is 5.06 Å². The highest BCUT2D eigenvalue weighted by Gasteiger charge is 2.44. The Morgan fingerprint density at radius 2 is 2.26 bits per heavy atom. The van der Waals surface area contributed by atoms with Gasteiger partial charge in [-0.05, 0) is 30.5 Å². The zero-order valence-corrected chi connectivity index (χ0v) is 11.5. The van der Waals surface area contributed by atoms with Gasteiger partial charge in [-0.25, -0.2) is 0 Å². The van der Waals surface area contributed by atoms with Crippen LogP contribution in [0.15, 0.2) is 24.3 Å². The Balaban J connectivity index is 1.80. The molecule has 2 fully saturated rings. The zero-order chi connectivity index (χ0) is 13.2. The first-order valence-corrected chi connectivity index (χ1v) is 6.91. The summed E-state index contributed by atoms with van der Waals surface area (Å²) < 4.78 is 10.5. The maximum Gasteiger partial charge on any atom is 0.188 e. The monoisotopic (exact) mass is 263 g/mol. The molecule has 0 N–H and O–H groups in total. The van der Waals surface area contributed by atoms with Gasteiger partial charge in [-0.3, -0.25) is 4.84 Å². The summed E-state index contributed by atoms with van der Waals surface area (Å²) >= 11 is 0. The Bertz CT molecular complexity index is 437. The summed E-state index contributed by atoms with van der Waals surface area (Å²) in [5.41, 5.74) is 1.27. The second-order valence-corrected chi connectivity index (χ2v) is 5.35. The molecule has 1 saturated heterocycles. The van der Waals surface area contributed by atoms with Crippen LogP contribution in [-0.4, -0.2) is 32.1 Å². The molecule has 3 atom stereocenters. The smallest absolute Gasteiger partial charge is 0.188 e. The van der Waals surface area contributed by atoms with Crippen molar-refractivity contribution < 1.29 is 14.3 Å². The summed E-state index contributed by atoms with van der Waals surface area (Å²) in [5, 5.41) is 2.02. The molecule has 0 aromatic heterocycles. The van der Waals surface area contributed by atoms with Crippen LogP contribution in [0.3, 0.4) is 0 Å². The van der Waals surface area contributed by atoms with Crippen molar-refractivity contribution in [2.24, 2.45) is 5.92 Å². The van der Waals surface area contributed by atoms with E-state index in [1.165, 1.54) is 24.8 Å². The second-order valence-electron chi connectivity index (χ2n) is 5.35. The average Bonchev–Trinajstić information content (AvgIpc) is 2.96. The minimum Gasteiger partial charge on any atom is -0.468 e. The van der Waals surface area contributed by atoms with Crippen molar-refractivity contribution in [3.8, 4) is 5.75 Å². The van der Waals surface area contributed by atoms with Crippen LogP contribution in [0, 0.1) is 5.92 Å². The number of rotatable bonds is 4. The molecule has 1 heterocycles. The van der Waals surface area contributed by atoms with Gasteiger partial charge in [0, 0.05) is 20.1 Å². The predicted octanol–water partition coefficient (Wildman–Crippen LogP) is 2.76. The van der Waals surface area contributed by atoms with Crippen LogP contribution in [0.5, 0.6) is 5.75 Å². The summed E-state index contributed by atoms with van der Waals surface area (Å²) in [6.07, 6.45) is 4.12. The molecule has 19 heavy (non-hydrogen) atoms. The first-order valence-electron chi connectivity index (χ1n) is 6.91. The van der Waals surface area contributed by atoms with Crippen LogP contribution in [0.2, 0.25) is 0 Å². The SMILES string of the molecule is COCOc1cccc(C2C3CCCC3ON2C)c1. The van der Waals surface area contributed by atoms with Gasteiger partial charge < -0.3 is 9.47 Å². The van der Waals surface area contributed by atoms with Gasteiger partial charge >= 0.3 is 0 Å². The molecule has 3 unspecified atom stereocenters. The van der Waals surface area contributed by atoms with Gasteiger partial charge in [0.25, 0.3) is 0 Å². The number of ether oxygens (including phenoxy) is 2. The molecule has 0 spiro atoms. The van der Waals surface area contributed by atoms with Gasteiger partial charge in [0.1, 0.15) is 5.75 Å². The lowest BCUT2D eigenvalue weighted by molar-refractivity contribution is -0.144. The number of hydrogen-bond donors (Lipinski definition) is 0. The lowest BCUT2D eigenvalue weighted by atomic mass is 9.91. The van der Waals surface area contributed by atoms with Gasteiger partial charge in [0.05, 0.1) is 12.1 Å². The Hall–Kier alpha value is -1.10. The lowest BCUT2D eigenvalue weighted by Gasteiger charge is -2.22. The van der Waals surface area contributed by atoms with E-state index in [4.69, 9.17) is 14.3 Å². The minimum absolute atomic E-state index is 0.284. The van der Waals surface area contributed by atoms with Crippen molar-refractivity contribution in [3.05, 3.63) is 29.8 Å². The van der Waals surface area contributed by atoms with Crippen molar-refractivity contribution >= 4 is 0 Å². The van der Waals surface area contributed by atoms with E-state index < -0.39 is 0 Å². The van der Waals surface area contributed by atoms with Crippen LogP contribution in [0.25, 0.3) is 0 Å². The quantitative estimate of drug-likeness (QED) is 0.782. The number of methoxy groups -OCH3 is 1. The van der Waals surface area contributed by atoms with Crippen LogP contribution in [0.1, 0.15) is 30.9 Å². The third kappa shape index (κ3) is 2.48. The van der Waals surface area contributed by atoms with E-state index >= 15 is 0 Å². The molecule has 1 aliphatic carbocycles. The molecule has 3 rings (SSSR count). The third-order valence-corrected chi connectivity index (χ3v) is 4.15. The van der Waals surface area contributed by atoms with Crippen LogP contribution >= 0.6 is 0 Å². The molecule has 0 amide bonds. The maximum atomic E-state index is 5.94. The van der Waals surface area contributed by atoms with Crippen molar-refractivity contribution in [1.29, 1.82) is 0 Å². The van der Waals surface area contributed by atoms with Crippen LogP contribution < -0.4 is 4.74 Å². The van der Waals surface area contributed by atoms with E-state index in [0.29, 0.717) is 18.1 Å². The fourth-order valence-electron chi connectivity index (χ4n) is 3.37. The molecule has 1 aromatic rings.